The molecule has 0 saturated carbocycles. The highest BCUT2D eigenvalue weighted by Gasteiger charge is 2.11. The number of methoxy groups -OCH3 is 2. The molecule has 2 aromatic rings. The molecule has 7 nitrogen and oxygen atoms in total. The van der Waals surface area contributed by atoms with Crippen LogP contribution in [0, 0.1) is 0 Å². The molecule has 7 heteroatoms. The molecule has 24 heavy (non-hydrogen) atoms. The molecule has 1 aromatic carbocycles. The minimum absolute atomic E-state index is 0.236. The quantitative estimate of drug-likeness (QED) is 0.812. The molecule has 0 spiro atoms. The second-order valence-electron chi connectivity index (χ2n) is 5.26. The monoisotopic (exact) mass is 330 g/mol. The summed E-state index contributed by atoms with van der Waals surface area (Å²) in [6, 6.07) is 5.43. The summed E-state index contributed by atoms with van der Waals surface area (Å²) in [5.74, 6) is 1.43. The van der Waals surface area contributed by atoms with Crippen molar-refractivity contribution in [2.24, 2.45) is 0 Å². The SMILES string of the molecule is CCC(C)Nc1cnc(C(=O)Nc2ccc(OC)c(OC)c2)cn1. The van der Waals surface area contributed by atoms with Gasteiger partial charge in [0.25, 0.3) is 5.91 Å². The van der Waals surface area contributed by atoms with Gasteiger partial charge in [0.05, 0.1) is 26.6 Å². The zero-order chi connectivity index (χ0) is 17.5. The van der Waals surface area contributed by atoms with E-state index in [-0.39, 0.29) is 11.6 Å². The van der Waals surface area contributed by atoms with E-state index in [0.717, 1.165) is 6.42 Å². The van der Waals surface area contributed by atoms with Gasteiger partial charge in [-0.25, -0.2) is 9.97 Å². The molecule has 1 aromatic heterocycles. The smallest absolute Gasteiger partial charge is 0.275 e. The van der Waals surface area contributed by atoms with Gasteiger partial charge in [-0.3, -0.25) is 4.79 Å². The number of hydrogen-bond donors (Lipinski definition) is 2. The van der Waals surface area contributed by atoms with Crippen molar-refractivity contribution in [2.75, 3.05) is 24.9 Å². The lowest BCUT2D eigenvalue weighted by molar-refractivity contribution is 0.102. The fourth-order valence-electron chi connectivity index (χ4n) is 1.98. The number of rotatable bonds is 7. The molecule has 0 aliphatic rings. The number of nitrogens with zero attached hydrogens (tertiary/aromatic N) is 2. The number of nitrogens with one attached hydrogen (secondary N) is 2. The number of ether oxygens (including phenoxy) is 2. The number of carbonyl (C=O) groups is 1. The van der Waals surface area contributed by atoms with Crippen LogP contribution in [0.2, 0.25) is 0 Å². The van der Waals surface area contributed by atoms with E-state index in [9.17, 15) is 4.79 Å². The van der Waals surface area contributed by atoms with Crippen molar-refractivity contribution in [3.8, 4) is 11.5 Å². The zero-order valence-corrected chi connectivity index (χ0v) is 14.3. The van der Waals surface area contributed by atoms with E-state index in [1.165, 1.54) is 13.3 Å². The minimum Gasteiger partial charge on any atom is -0.493 e. The summed E-state index contributed by atoms with van der Waals surface area (Å²) in [6.07, 6.45) is 3.97. The number of aromatic nitrogens is 2. The van der Waals surface area contributed by atoms with Crippen molar-refractivity contribution in [3.63, 3.8) is 0 Å². The standard InChI is InChI=1S/C17H22N4O3/c1-5-11(2)20-16-10-18-13(9-19-16)17(22)21-12-6-7-14(23-3)15(8-12)24-4/h6-11H,5H2,1-4H3,(H,19,20)(H,21,22). The van der Waals surface area contributed by atoms with Crippen LogP contribution in [-0.4, -0.2) is 36.1 Å². The zero-order valence-electron chi connectivity index (χ0n) is 14.3. The Labute approximate surface area is 141 Å². The summed E-state index contributed by atoms with van der Waals surface area (Å²) in [7, 11) is 3.10. The maximum Gasteiger partial charge on any atom is 0.275 e. The predicted octanol–water partition coefficient (Wildman–Crippen LogP) is 2.96. The first kappa shape index (κ1) is 17.5. The normalized spacial score (nSPS) is 11.5. The van der Waals surface area contributed by atoms with Crippen LogP contribution in [0.3, 0.4) is 0 Å². The Morgan fingerprint density at radius 2 is 1.92 bits per heavy atom. The number of carbonyl (C=O) groups excluding carboxylic acids is 1. The highest BCUT2D eigenvalue weighted by molar-refractivity contribution is 6.02. The predicted molar refractivity (Wildman–Crippen MR) is 92.9 cm³/mol. The molecule has 2 rings (SSSR count). The molecule has 128 valence electrons. The molecule has 0 aliphatic carbocycles. The Balaban J connectivity index is 2.07. The summed E-state index contributed by atoms with van der Waals surface area (Å²) >= 11 is 0. The number of benzene rings is 1. The van der Waals surface area contributed by atoms with Gasteiger partial charge in [-0.05, 0) is 25.5 Å². The summed E-state index contributed by atoms with van der Waals surface area (Å²) in [5.41, 5.74) is 0.820. The van der Waals surface area contributed by atoms with Gasteiger partial charge in [0.1, 0.15) is 11.5 Å². The Bertz CT molecular complexity index is 689. The van der Waals surface area contributed by atoms with E-state index in [1.807, 2.05) is 0 Å². The topological polar surface area (TPSA) is 85.4 Å². The van der Waals surface area contributed by atoms with Crippen molar-refractivity contribution < 1.29 is 14.3 Å². The maximum absolute atomic E-state index is 12.3. The van der Waals surface area contributed by atoms with Gasteiger partial charge >= 0.3 is 0 Å². The molecule has 1 atom stereocenters. The van der Waals surface area contributed by atoms with Crippen molar-refractivity contribution in [1.29, 1.82) is 0 Å². The maximum atomic E-state index is 12.3. The van der Waals surface area contributed by atoms with Crippen LogP contribution in [0.15, 0.2) is 30.6 Å². The molecule has 1 heterocycles. The van der Waals surface area contributed by atoms with Gasteiger partial charge in [-0.15, -0.1) is 0 Å². The first-order valence-electron chi connectivity index (χ1n) is 7.69. The lowest BCUT2D eigenvalue weighted by Crippen LogP contribution is -2.17. The average Bonchev–Trinajstić information content (AvgIpc) is 2.61. The van der Waals surface area contributed by atoms with E-state index in [2.05, 4.69) is 34.4 Å². The molecule has 1 amide bonds. The molecular weight excluding hydrogens is 308 g/mol. The second-order valence-corrected chi connectivity index (χ2v) is 5.26. The summed E-state index contributed by atoms with van der Waals surface area (Å²) < 4.78 is 10.4. The Hall–Kier alpha value is -2.83. The van der Waals surface area contributed by atoms with E-state index >= 15 is 0 Å². The summed E-state index contributed by atoms with van der Waals surface area (Å²) in [6.45, 7) is 4.13. The van der Waals surface area contributed by atoms with E-state index in [1.54, 1.807) is 31.5 Å². The lowest BCUT2D eigenvalue weighted by Gasteiger charge is -2.12. The van der Waals surface area contributed by atoms with E-state index in [4.69, 9.17) is 9.47 Å². The van der Waals surface area contributed by atoms with Gasteiger partial charge in [-0.2, -0.15) is 0 Å². The van der Waals surface area contributed by atoms with Crippen LogP contribution >= 0.6 is 0 Å². The third-order valence-electron chi connectivity index (χ3n) is 3.53. The molecule has 0 bridgehead atoms. The van der Waals surface area contributed by atoms with Crippen molar-refractivity contribution in [1.82, 2.24) is 9.97 Å². The van der Waals surface area contributed by atoms with Crippen LogP contribution in [-0.2, 0) is 0 Å². The Kier molecular flexibility index (Phi) is 5.95. The molecule has 0 saturated heterocycles. The Morgan fingerprint density at radius 3 is 2.50 bits per heavy atom. The fourth-order valence-corrected chi connectivity index (χ4v) is 1.98. The number of hydrogen-bond acceptors (Lipinski definition) is 6. The minimum atomic E-state index is -0.343. The van der Waals surface area contributed by atoms with Crippen LogP contribution < -0.4 is 20.1 Å². The van der Waals surface area contributed by atoms with Gasteiger partial charge < -0.3 is 20.1 Å². The molecule has 0 aliphatic heterocycles. The first-order valence-corrected chi connectivity index (χ1v) is 7.69. The third kappa shape index (κ3) is 4.34. The second kappa shape index (κ2) is 8.14. The highest BCUT2D eigenvalue weighted by atomic mass is 16.5. The fraction of sp³-hybridized carbons (Fsp3) is 0.353. The van der Waals surface area contributed by atoms with Crippen LogP contribution in [0.25, 0.3) is 0 Å². The average molecular weight is 330 g/mol. The van der Waals surface area contributed by atoms with Gasteiger partial charge in [0.2, 0.25) is 0 Å². The van der Waals surface area contributed by atoms with E-state index < -0.39 is 0 Å². The van der Waals surface area contributed by atoms with E-state index in [0.29, 0.717) is 29.0 Å². The van der Waals surface area contributed by atoms with Crippen molar-refractivity contribution in [2.45, 2.75) is 26.3 Å². The van der Waals surface area contributed by atoms with Crippen molar-refractivity contribution in [3.05, 3.63) is 36.3 Å². The van der Waals surface area contributed by atoms with Crippen LogP contribution in [0.1, 0.15) is 30.8 Å². The van der Waals surface area contributed by atoms with Gasteiger partial charge in [0, 0.05) is 17.8 Å². The first-order chi connectivity index (χ1) is 11.6. The van der Waals surface area contributed by atoms with Crippen LogP contribution in [0.5, 0.6) is 11.5 Å². The third-order valence-corrected chi connectivity index (χ3v) is 3.53. The highest BCUT2D eigenvalue weighted by Crippen LogP contribution is 2.29. The summed E-state index contributed by atoms with van der Waals surface area (Å²) in [5, 5.41) is 5.96. The van der Waals surface area contributed by atoms with Gasteiger partial charge in [0.15, 0.2) is 11.5 Å². The molecule has 0 fully saturated rings. The van der Waals surface area contributed by atoms with Gasteiger partial charge in [-0.1, -0.05) is 6.92 Å². The Morgan fingerprint density at radius 1 is 1.17 bits per heavy atom. The molecular formula is C17H22N4O3. The molecule has 2 N–H and O–H groups in total. The number of anilines is 2. The molecule has 0 radical (unpaired) electrons. The summed E-state index contributed by atoms with van der Waals surface area (Å²) in [4.78, 5) is 20.6. The van der Waals surface area contributed by atoms with Crippen molar-refractivity contribution >= 4 is 17.4 Å². The lowest BCUT2D eigenvalue weighted by atomic mass is 10.2. The molecule has 1 unspecified atom stereocenters. The largest absolute Gasteiger partial charge is 0.493 e. The number of amides is 1. The van der Waals surface area contributed by atoms with Crippen LogP contribution in [0.4, 0.5) is 11.5 Å².